The first kappa shape index (κ1) is 19.1. The number of aryl methyl sites for hydroxylation is 1. The Hall–Kier alpha value is -2.22. The molecule has 0 spiro atoms. The van der Waals surface area contributed by atoms with E-state index in [4.69, 9.17) is 4.74 Å². The van der Waals surface area contributed by atoms with Crippen LogP contribution in [-0.2, 0) is 21.2 Å². The van der Waals surface area contributed by atoms with Gasteiger partial charge in [-0.25, -0.2) is 8.42 Å². The zero-order valence-electron chi connectivity index (χ0n) is 15.6. The van der Waals surface area contributed by atoms with Crippen molar-refractivity contribution in [3.05, 3.63) is 65.2 Å². The number of benzene rings is 2. The van der Waals surface area contributed by atoms with Crippen molar-refractivity contribution in [2.45, 2.75) is 30.2 Å². The highest BCUT2D eigenvalue weighted by Gasteiger charge is 2.27. The molecule has 0 radical (unpaired) electrons. The predicted octanol–water partition coefficient (Wildman–Crippen LogP) is 2.51. The molecule has 0 saturated carbocycles. The Labute approximate surface area is 165 Å². The molecule has 4 rings (SSSR count). The molecule has 2 aromatic carbocycles. The summed E-state index contributed by atoms with van der Waals surface area (Å²) in [6.07, 6.45) is 2.93. The number of carbonyl (C=O) groups excluding carboxylic acids is 1. The molecule has 1 heterocycles. The van der Waals surface area contributed by atoms with E-state index in [0.29, 0.717) is 31.9 Å². The smallest absolute Gasteiger partial charge is 0.251 e. The van der Waals surface area contributed by atoms with Gasteiger partial charge in [-0.2, -0.15) is 4.31 Å². The second kappa shape index (κ2) is 8.03. The zero-order chi connectivity index (χ0) is 19.6. The summed E-state index contributed by atoms with van der Waals surface area (Å²) in [6.45, 7) is 1.44. The molecule has 0 aromatic heterocycles. The third-order valence-corrected chi connectivity index (χ3v) is 7.27. The third-order valence-electron chi connectivity index (χ3n) is 5.38. The Morgan fingerprint density at radius 1 is 1.07 bits per heavy atom. The molecule has 2 aliphatic rings. The van der Waals surface area contributed by atoms with Crippen LogP contribution < -0.4 is 5.32 Å². The molecule has 1 aliphatic heterocycles. The number of morpholine rings is 1. The lowest BCUT2D eigenvalue weighted by molar-refractivity contribution is 0.0730. The van der Waals surface area contributed by atoms with Gasteiger partial charge in [-0.05, 0) is 48.6 Å². The number of hydrogen-bond acceptors (Lipinski definition) is 4. The van der Waals surface area contributed by atoms with Gasteiger partial charge in [-0.15, -0.1) is 0 Å². The summed E-state index contributed by atoms with van der Waals surface area (Å²) in [5.41, 5.74) is 2.78. The van der Waals surface area contributed by atoms with Crippen molar-refractivity contribution in [3.63, 3.8) is 0 Å². The van der Waals surface area contributed by atoms with Crippen LogP contribution in [0.4, 0.5) is 0 Å². The standard InChI is InChI=1S/C21H24N2O4S/c24-21(22-20-10-4-6-16-5-1-2-9-19(16)20)17-7-3-8-18(15-17)28(25,26)23-11-13-27-14-12-23/h1-3,5,7-9,15,20H,4,6,10-14H2,(H,22,24)/t20-/m0/s1. The maximum atomic E-state index is 12.9. The van der Waals surface area contributed by atoms with E-state index in [1.54, 1.807) is 12.1 Å². The molecule has 1 amide bonds. The minimum Gasteiger partial charge on any atom is -0.379 e. The summed E-state index contributed by atoms with van der Waals surface area (Å²) in [6, 6.07) is 14.4. The maximum Gasteiger partial charge on any atom is 0.251 e. The van der Waals surface area contributed by atoms with Gasteiger partial charge in [-0.3, -0.25) is 4.79 Å². The maximum absolute atomic E-state index is 12.9. The van der Waals surface area contributed by atoms with Gasteiger partial charge in [0.05, 0.1) is 24.2 Å². The fourth-order valence-electron chi connectivity index (χ4n) is 3.88. The summed E-state index contributed by atoms with van der Waals surface area (Å²) < 4.78 is 32.4. The Morgan fingerprint density at radius 2 is 1.86 bits per heavy atom. The van der Waals surface area contributed by atoms with Crippen LogP contribution in [-0.4, -0.2) is 44.9 Å². The quantitative estimate of drug-likeness (QED) is 0.856. The first-order valence-corrected chi connectivity index (χ1v) is 11.1. The van der Waals surface area contributed by atoms with Crippen LogP contribution in [0.25, 0.3) is 0 Å². The first-order valence-electron chi connectivity index (χ1n) is 9.62. The van der Waals surface area contributed by atoms with E-state index in [0.717, 1.165) is 24.8 Å². The van der Waals surface area contributed by atoms with Crippen molar-refractivity contribution >= 4 is 15.9 Å². The molecular weight excluding hydrogens is 376 g/mol. The fourth-order valence-corrected chi connectivity index (χ4v) is 5.33. The van der Waals surface area contributed by atoms with Crippen molar-refractivity contribution in [1.29, 1.82) is 0 Å². The summed E-state index contributed by atoms with van der Waals surface area (Å²) >= 11 is 0. The Balaban J connectivity index is 1.54. The summed E-state index contributed by atoms with van der Waals surface area (Å²) in [4.78, 5) is 13.0. The SMILES string of the molecule is O=C(N[C@H]1CCCc2ccccc21)c1cccc(S(=O)(=O)N2CCOCC2)c1. The van der Waals surface area contributed by atoms with E-state index in [2.05, 4.69) is 17.4 Å². The van der Waals surface area contributed by atoms with Crippen LogP contribution in [0.15, 0.2) is 53.4 Å². The minimum atomic E-state index is -3.63. The van der Waals surface area contributed by atoms with Gasteiger partial charge in [0.1, 0.15) is 0 Å². The van der Waals surface area contributed by atoms with E-state index in [-0.39, 0.29) is 16.8 Å². The lowest BCUT2D eigenvalue weighted by Crippen LogP contribution is -2.40. The molecule has 1 aliphatic carbocycles. The van der Waals surface area contributed by atoms with Gasteiger partial charge in [0.15, 0.2) is 0 Å². The molecule has 1 fully saturated rings. The number of carbonyl (C=O) groups is 1. The molecule has 148 valence electrons. The fraction of sp³-hybridized carbons (Fsp3) is 0.381. The topological polar surface area (TPSA) is 75.7 Å². The molecular formula is C21H24N2O4S. The molecule has 1 saturated heterocycles. The third kappa shape index (κ3) is 3.83. The van der Waals surface area contributed by atoms with E-state index in [1.165, 1.54) is 22.0 Å². The molecule has 2 aromatic rings. The van der Waals surface area contributed by atoms with Crippen LogP contribution >= 0.6 is 0 Å². The number of nitrogens with one attached hydrogen (secondary N) is 1. The molecule has 0 unspecified atom stereocenters. The predicted molar refractivity (Wildman–Crippen MR) is 106 cm³/mol. The molecule has 1 atom stereocenters. The number of nitrogens with zero attached hydrogens (tertiary/aromatic N) is 1. The summed E-state index contributed by atoms with van der Waals surface area (Å²) in [5, 5.41) is 3.08. The first-order chi connectivity index (χ1) is 13.6. The van der Waals surface area contributed by atoms with Gasteiger partial charge in [0, 0.05) is 18.7 Å². The number of sulfonamides is 1. The molecule has 28 heavy (non-hydrogen) atoms. The van der Waals surface area contributed by atoms with Gasteiger partial charge in [-0.1, -0.05) is 30.3 Å². The molecule has 7 heteroatoms. The Bertz CT molecular complexity index is 968. The van der Waals surface area contributed by atoms with Crippen molar-refractivity contribution in [3.8, 4) is 0 Å². The van der Waals surface area contributed by atoms with Crippen LogP contribution in [0.5, 0.6) is 0 Å². The zero-order valence-corrected chi connectivity index (χ0v) is 16.5. The van der Waals surface area contributed by atoms with Crippen LogP contribution in [0.3, 0.4) is 0 Å². The molecule has 6 nitrogen and oxygen atoms in total. The number of rotatable bonds is 4. The number of hydrogen-bond donors (Lipinski definition) is 1. The van der Waals surface area contributed by atoms with Gasteiger partial charge in [0.25, 0.3) is 5.91 Å². The van der Waals surface area contributed by atoms with Gasteiger partial charge < -0.3 is 10.1 Å². The minimum absolute atomic E-state index is 0.0445. The van der Waals surface area contributed by atoms with E-state index >= 15 is 0 Å². The highest BCUT2D eigenvalue weighted by atomic mass is 32.2. The average molecular weight is 401 g/mol. The van der Waals surface area contributed by atoms with Crippen molar-refractivity contribution in [2.75, 3.05) is 26.3 Å². The van der Waals surface area contributed by atoms with Crippen LogP contribution in [0.1, 0.15) is 40.4 Å². The van der Waals surface area contributed by atoms with Gasteiger partial charge in [0.2, 0.25) is 10.0 Å². The largest absolute Gasteiger partial charge is 0.379 e. The average Bonchev–Trinajstić information content (AvgIpc) is 2.75. The van der Waals surface area contributed by atoms with E-state index in [9.17, 15) is 13.2 Å². The normalized spacial score (nSPS) is 20.4. The number of ether oxygens (including phenoxy) is 1. The lowest BCUT2D eigenvalue weighted by Gasteiger charge is -2.27. The monoisotopic (exact) mass is 400 g/mol. The Kier molecular flexibility index (Phi) is 5.48. The lowest BCUT2D eigenvalue weighted by atomic mass is 9.87. The summed E-state index contributed by atoms with van der Waals surface area (Å²) in [5.74, 6) is -0.249. The van der Waals surface area contributed by atoms with E-state index in [1.807, 2.05) is 12.1 Å². The highest BCUT2D eigenvalue weighted by molar-refractivity contribution is 7.89. The number of amides is 1. The second-order valence-corrected chi connectivity index (χ2v) is 9.10. The summed E-state index contributed by atoms with van der Waals surface area (Å²) in [7, 11) is -3.63. The van der Waals surface area contributed by atoms with Crippen molar-refractivity contribution < 1.29 is 17.9 Å². The van der Waals surface area contributed by atoms with Crippen LogP contribution in [0, 0.1) is 0 Å². The van der Waals surface area contributed by atoms with Crippen molar-refractivity contribution in [2.24, 2.45) is 0 Å². The highest BCUT2D eigenvalue weighted by Crippen LogP contribution is 2.29. The molecule has 0 bridgehead atoms. The van der Waals surface area contributed by atoms with E-state index < -0.39 is 10.0 Å². The second-order valence-electron chi connectivity index (χ2n) is 7.16. The van der Waals surface area contributed by atoms with Crippen LogP contribution in [0.2, 0.25) is 0 Å². The van der Waals surface area contributed by atoms with Gasteiger partial charge >= 0.3 is 0 Å². The Morgan fingerprint density at radius 3 is 2.68 bits per heavy atom. The number of fused-ring (bicyclic) bond motifs is 1. The van der Waals surface area contributed by atoms with Crippen molar-refractivity contribution in [1.82, 2.24) is 9.62 Å². The molecule has 1 N–H and O–H groups in total.